The molecule has 0 saturated heterocycles. The number of nitrogens with zero attached hydrogens (tertiary/aromatic N) is 2. The van der Waals surface area contributed by atoms with E-state index >= 15 is 0 Å². The Bertz CT molecular complexity index is 1460. The molecular formula is C27H25N3O5. The normalized spacial score (nSPS) is 10.7. The number of carboxylic acids is 1. The molecule has 1 aromatic heterocycles. The zero-order valence-electron chi connectivity index (χ0n) is 19.6. The molecule has 1 amide bonds. The summed E-state index contributed by atoms with van der Waals surface area (Å²) in [6, 6.07) is 20.7. The van der Waals surface area contributed by atoms with Crippen LogP contribution in [0.4, 0.5) is 5.69 Å². The van der Waals surface area contributed by atoms with E-state index in [1.165, 1.54) is 11.7 Å². The largest absolute Gasteiger partial charge is 0.497 e. The lowest BCUT2D eigenvalue weighted by molar-refractivity contribution is 0.0685. The van der Waals surface area contributed by atoms with Gasteiger partial charge in [-0.05, 0) is 48.5 Å². The van der Waals surface area contributed by atoms with Gasteiger partial charge in [0.05, 0.1) is 18.2 Å². The molecule has 0 radical (unpaired) electrons. The third kappa shape index (κ3) is 4.59. The van der Waals surface area contributed by atoms with Gasteiger partial charge in [-0.2, -0.15) is 0 Å². The van der Waals surface area contributed by atoms with Crippen LogP contribution in [0, 0.1) is 0 Å². The number of amides is 1. The van der Waals surface area contributed by atoms with Gasteiger partial charge in [0.25, 0.3) is 5.91 Å². The number of fused-ring (bicyclic) bond motifs is 1. The van der Waals surface area contributed by atoms with Crippen LogP contribution < -0.4 is 20.4 Å². The smallest absolute Gasteiger partial charge is 0.353 e. The maximum atomic E-state index is 13.4. The van der Waals surface area contributed by atoms with Crippen LogP contribution in [-0.4, -0.2) is 42.8 Å². The highest BCUT2D eigenvalue weighted by molar-refractivity contribution is 5.96. The van der Waals surface area contributed by atoms with Gasteiger partial charge in [0.15, 0.2) is 5.43 Å². The number of aromatic carboxylic acids is 1. The van der Waals surface area contributed by atoms with Crippen LogP contribution in [0.5, 0.6) is 5.75 Å². The molecule has 4 rings (SSSR count). The lowest BCUT2D eigenvalue weighted by Gasteiger charge is -2.19. The highest BCUT2D eigenvalue weighted by Crippen LogP contribution is 2.26. The van der Waals surface area contributed by atoms with E-state index < -0.39 is 17.3 Å². The molecule has 0 aliphatic rings. The van der Waals surface area contributed by atoms with Gasteiger partial charge >= 0.3 is 5.97 Å². The number of hydrogen-bond acceptors (Lipinski definition) is 5. The number of methoxy groups -OCH3 is 1. The zero-order chi connectivity index (χ0) is 25.1. The lowest BCUT2D eigenvalue weighted by atomic mass is 10.0. The third-order valence-electron chi connectivity index (χ3n) is 5.76. The zero-order valence-corrected chi connectivity index (χ0v) is 19.6. The molecule has 0 unspecified atom stereocenters. The van der Waals surface area contributed by atoms with Crippen LogP contribution in [0.2, 0.25) is 0 Å². The van der Waals surface area contributed by atoms with Crippen molar-refractivity contribution >= 4 is 28.5 Å². The van der Waals surface area contributed by atoms with Crippen LogP contribution in [-0.2, 0) is 6.54 Å². The van der Waals surface area contributed by atoms with Crippen molar-refractivity contribution in [3.05, 3.63) is 99.8 Å². The molecule has 3 aromatic carbocycles. The second-order valence-corrected chi connectivity index (χ2v) is 8.14. The third-order valence-corrected chi connectivity index (χ3v) is 5.76. The molecule has 178 valence electrons. The summed E-state index contributed by atoms with van der Waals surface area (Å²) >= 11 is 0. The van der Waals surface area contributed by atoms with Crippen LogP contribution in [0.25, 0.3) is 16.6 Å². The lowest BCUT2D eigenvalue weighted by Crippen LogP contribution is -2.30. The molecule has 0 spiro atoms. The maximum Gasteiger partial charge on any atom is 0.353 e. The van der Waals surface area contributed by atoms with Gasteiger partial charge < -0.3 is 24.6 Å². The number of anilines is 1. The molecule has 0 aliphatic heterocycles. The molecular weight excluding hydrogens is 446 g/mol. The number of benzene rings is 3. The molecule has 2 N–H and O–H groups in total. The van der Waals surface area contributed by atoms with Crippen molar-refractivity contribution in [2.45, 2.75) is 6.54 Å². The Morgan fingerprint density at radius 2 is 1.69 bits per heavy atom. The van der Waals surface area contributed by atoms with Gasteiger partial charge in [-0.25, -0.2) is 4.79 Å². The number of hydrogen-bond donors (Lipinski definition) is 2. The summed E-state index contributed by atoms with van der Waals surface area (Å²) in [6.07, 6.45) is 0. The molecule has 0 aliphatic carbocycles. The minimum atomic E-state index is -1.28. The predicted octanol–water partition coefficient (Wildman–Crippen LogP) is 3.69. The van der Waals surface area contributed by atoms with Gasteiger partial charge in [0.2, 0.25) is 0 Å². The van der Waals surface area contributed by atoms with Crippen molar-refractivity contribution in [1.82, 2.24) is 9.88 Å². The quantitative estimate of drug-likeness (QED) is 0.426. The van der Waals surface area contributed by atoms with Gasteiger partial charge in [-0.3, -0.25) is 9.59 Å². The van der Waals surface area contributed by atoms with Crippen LogP contribution in [0.1, 0.15) is 26.4 Å². The number of para-hydroxylation sites is 1. The Morgan fingerprint density at radius 3 is 2.29 bits per heavy atom. The van der Waals surface area contributed by atoms with Crippen molar-refractivity contribution in [3.8, 4) is 11.4 Å². The Labute approximate surface area is 202 Å². The Balaban J connectivity index is 1.84. The van der Waals surface area contributed by atoms with E-state index in [1.807, 2.05) is 37.2 Å². The summed E-state index contributed by atoms with van der Waals surface area (Å²) < 4.78 is 6.82. The summed E-state index contributed by atoms with van der Waals surface area (Å²) in [5, 5.41) is 13.2. The Hall–Kier alpha value is -4.59. The number of rotatable bonds is 7. The predicted molar refractivity (Wildman–Crippen MR) is 135 cm³/mol. The van der Waals surface area contributed by atoms with E-state index in [0.29, 0.717) is 27.9 Å². The maximum absolute atomic E-state index is 13.4. The molecule has 0 bridgehead atoms. The van der Waals surface area contributed by atoms with Crippen LogP contribution in [0.3, 0.4) is 0 Å². The minimum absolute atomic E-state index is 0.0164. The summed E-state index contributed by atoms with van der Waals surface area (Å²) in [4.78, 5) is 40.6. The first-order valence-corrected chi connectivity index (χ1v) is 10.9. The minimum Gasteiger partial charge on any atom is -0.497 e. The fraction of sp³-hybridized carbons (Fsp3) is 0.148. The van der Waals surface area contributed by atoms with Gasteiger partial charge in [0, 0.05) is 49.0 Å². The van der Waals surface area contributed by atoms with E-state index in [0.717, 1.165) is 5.69 Å². The fourth-order valence-electron chi connectivity index (χ4n) is 3.96. The molecule has 35 heavy (non-hydrogen) atoms. The van der Waals surface area contributed by atoms with Gasteiger partial charge in [0.1, 0.15) is 11.4 Å². The van der Waals surface area contributed by atoms with E-state index in [2.05, 4.69) is 5.32 Å². The van der Waals surface area contributed by atoms with Gasteiger partial charge in [-0.1, -0.05) is 18.2 Å². The number of ether oxygens (including phenoxy) is 1. The SMILES string of the molecule is COc1ccc2c(=O)c(CNC(=O)c3ccc(N(C)C)cc3)c(C(=O)O)n(-c3ccccc3)c2c1. The summed E-state index contributed by atoms with van der Waals surface area (Å²) in [5.41, 5.74) is 1.60. The summed E-state index contributed by atoms with van der Waals surface area (Å²) in [6.45, 7) is -0.246. The second-order valence-electron chi connectivity index (χ2n) is 8.14. The number of carbonyl (C=O) groups is 2. The molecule has 4 aromatic rings. The van der Waals surface area contributed by atoms with E-state index in [4.69, 9.17) is 4.74 Å². The summed E-state index contributed by atoms with van der Waals surface area (Å²) in [5.74, 6) is -1.21. The first-order valence-electron chi connectivity index (χ1n) is 10.9. The first-order chi connectivity index (χ1) is 16.8. The molecule has 8 nitrogen and oxygen atoms in total. The van der Waals surface area contributed by atoms with Crippen molar-refractivity contribution in [2.24, 2.45) is 0 Å². The highest BCUT2D eigenvalue weighted by Gasteiger charge is 2.24. The highest BCUT2D eigenvalue weighted by atomic mass is 16.5. The molecule has 0 saturated carbocycles. The number of carbonyl (C=O) groups excluding carboxylic acids is 1. The average Bonchev–Trinajstić information content (AvgIpc) is 2.87. The average molecular weight is 472 g/mol. The first kappa shape index (κ1) is 23.6. The van der Waals surface area contributed by atoms with Crippen molar-refractivity contribution in [3.63, 3.8) is 0 Å². The van der Waals surface area contributed by atoms with E-state index in [-0.39, 0.29) is 17.8 Å². The second kappa shape index (κ2) is 9.72. The Morgan fingerprint density at radius 1 is 1.00 bits per heavy atom. The number of carboxylic acid groups (broad SMARTS) is 1. The molecule has 0 atom stereocenters. The molecule has 8 heteroatoms. The number of aromatic nitrogens is 1. The van der Waals surface area contributed by atoms with Crippen LogP contribution in [0.15, 0.2) is 77.6 Å². The van der Waals surface area contributed by atoms with Gasteiger partial charge in [-0.15, -0.1) is 0 Å². The summed E-state index contributed by atoms with van der Waals surface area (Å²) in [7, 11) is 5.30. The van der Waals surface area contributed by atoms with E-state index in [1.54, 1.807) is 54.6 Å². The monoisotopic (exact) mass is 471 g/mol. The van der Waals surface area contributed by atoms with Crippen molar-refractivity contribution in [2.75, 3.05) is 26.1 Å². The van der Waals surface area contributed by atoms with E-state index in [9.17, 15) is 19.5 Å². The fourth-order valence-corrected chi connectivity index (χ4v) is 3.96. The van der Waals surface area contributed by atoms with Crippen molar-refractivity contribution in [1.29, 1.82) is 0 Å². The topological polar surface area (TPSA) is 101 Å². The van der Waals surface area contributed by atoms with Crippen molar-refractivity contribution < 1.29 is 19.4 Å². The van der Waals surface area contributed by atoms with Crippen LogP contribution >= 0.6 is 0 Å². The Kier molecular flexibility index (Phi) is 6.55. The molecule has 1 heterocycles. The standard InChI is InChI=1S/C27H25N3O5/c1-29(2)18-11-9-17(10-12-18)26(32)28-16-22-24(27(33)34)30(19-7-5-4-6-8-19)23-15-20(35-3)13-14-21(23)25(22)31/h4-15H,16H2,1-3H3,(H,28,32)(H,33,34). The number of pyridine rings is 1. The number of nitrogens with one attached hydrogen (secondary N) is 1. The molecule has 0 fully saturated rings.